The summed E-state index contributed by atoms with van der Waals surface area (Å²) in [6.45, 7) is 1.08. The van der Waals surface area contributed by atoms with Gasteiger partial charge in [-0.2, -0.15) is 13.2 Å². The lowest BCUT2D eigenvalue weighted by molar-refractivity contribution is -0.138. The van der Waals surface area contributed by atoms with E-state index < -0.39 is 23.5 Å². The summed E-state index contributed by atoms with van der Waals surface area (Å²) in [5, 5.41) is 9.90. The zero-order valence-electron chi connectivity index (χ0n) is 11.0. The van der Waals surface area contributed by atoms with Crippen LogP contribution < -0.4 is 5.73 Å². The molecule has 3 N–H and O–H groups in total. The number of halogens is 5. The van der Waals surface area contributed by atoms with Crippen LogP contribution in [0.2, 0.25) is 0 Å². The van der Waals surface area contributed by atoms with Gasteiger partial charge in [-0.1, -0.05) is 15.9 Å². The van der Waals surface area contributed by atoms with Crippen LogP contribution in [0.15, 0.2) is 16.6 Å². The zero-order chi connectivity index (χ0) is 14.9. The summed E-state index contributed by atoms with van der Waals surface area (Å²) in [5.74, 6) is -0.773. The molecule has 0 aromatic heterocycles. The maximum atomic E-state index is 12.9. The molecule has 1 aromatic rings. The second kappa shape index (κ2) is 7.17. The van der Waals surface area contributed by atoms with Crippen LogP contribution in [0.4, 0.5) is 13.2 Å². The van der Waals surface area contributed by atoms with Gasteiger partial charge >= 0.3 is 6.18 Å². The first-order chi connectivity index (χ1) is 9.30. The minimum Gasteiger partial charge on any atom is -0.507 e. The van der Waals surface area contributed by atoms with E-state index >= 15 is 0 Å². The summed E-state index contributed by atoms with van der Waals surface area (Å²) in [6, 6.07) is 1.66. The van der Waals surface area contributed by atoms with E-state index in [1.54, 1.807) is 0 Å². The second-order valence-corrected chi connectivity index (χ2v) is 5.78. The summed E-state index contributed by atoms with van der Waals surface area (Å²) in [6.07, 6.45) is -3.26. The largest absolute Gasteiger partial charge is 0.507 e. The van der Waals surface area contributed by atoms with Gasteiger partial charge in [0.05, 0.1) is 5.56 Å². The van der Waals surface area contributed by atoms with Gasteiger partial charge in [0.1, 0.15) is 5.75 Å². The Labute approximate surface area is 135 Å². The zero-order valence-corrected chi connectivity index (χ0v) is 13.4. The van der Waals surface area contributed by atoms with Gasteiger partial charge in [0.25, 0.3) is 0 Å². The van der Waals surface area contributed by atoms with Crippen molar-refractivity contribution in [2.75, 3.05) is 13.2 Å². The predicted molar refractivity (Wildman–Crippen MR) is 78.5 cm³/mol. The highest BCUT2D eigenvalue weighted by Gasteiger charge is 2.37. The molecule has 0 unspecified atom stereocenters. The summed E-state index contributed by atoms with van der Waals surface area (Å²) >= 11 is 3.04. The van der Waals surface area contributed by atoms with E-state index in [-0.39, 0.29) is 28.4 Å². The average Bonchev–Trinajstić information content (AvgIpc) is 2.40. The van der Waals surface area contributed by atoms with Crippen LogP contribution in [0.3, 0.4) is 0 Å². The van der Waals surface area contributed by atoms with Crippen LogP contribution in [0.25, 0.3) is 0 Å². The number of nitrogens with two attached hydrogens (primary N) is 1. The normalized spacial score (nSPS) is 18.1. The van der Waals surface area contributed by atoms with Gasteiger partial charge in [0, 0.05) is 29.3 Å². The number of aromatic hydroxyl groups is 1. The molecule has 0 radical (unpaired) electrons. The molecule has 2 rings (SSSR count). The Kier molecular flexibility index (Phi) is 6.34. The quantitative estimate of drug-likeness (QED) is 0.802. The summed E-state index contributed by atoms with van der Waals surface area (Å²) < 4.78 is 44.1. The first-order valence-corrected chi connectivity index (χ1v) is 7.03. The first kappa shape index (κ1) is 18.5. The summed E-state index contributed by atoms with van der Waals surface area (Å²) in [7, 11) is 0. The molecule has 0 bridgehead atoms. The van der Waals surface area contributed by atoms with Crippen LogP contribution in [0, 0.1) is 5.92 Å². The molecule has 1 atom stereocenters. The van der Waals surface area contributed by atoms with Crippen molar-refractivity contribution in [3.05, 3.63) is 27.7 Å². The van der Waals surface area contributed by atoms with Crippen molar-refractivity contribution in [1.29, 1.82) is 0 Å². The van der Waals surface area contributed by atoms with E-state index in [0.717, 1.165) is 6.07 Å². The standard InChI is InChI=1S/C13H15BrF3NO2.ClH/c14-8-5-9(11(18)7-1-3-20-4-2-7)12(19)10(6-8)13(15,16)17;/h5-7,11,19H,1-4,18H2;1H/t11-;/m0./s1. The number of ether oxygens (including phenoxy) is 1. The molecule has 1 aromatic carbocycles. The predicted octanol–water partition coefficient (Wildman–Crippen LogP) is 4.02. The Morgan fingerprint density at radius 2 is 1.86 bits per heavy atom. The van der Waals surface area contributed by atoms with E-state index in [1.165, 1.54) is 6.07 Å². The molecule has 1 fully saturated rings. The number of rotatable bonds is 2. The fourth-order valence-electron chi connectivity index (χ4n) is 2.42. The molecule has 3 nitrogen and oxygen atoms in total. The van der Waals surface area contributed by atoms with Gasteiger partial charge in [-0.05, 0) is 30.9 Å². The topological polar surface area (TPSA) is 55.5 Å². The maximum absolute atomic E-state index is 12.9. The van der Waals surface area contributed by atoms with Crippen molar-refractivity contribution in [2.24, 2.45) is 11.7 Å². The fraction of sp³-hybridized carbons (Fsp3) is 0.538. The lowest BCUT2D eigenvalue weighted by Gasteiger charge is -2.29. The lowest BCUT2D eigenvalue weighted by atomic mass is 9.86. The van der Waals surface area contributed by atoms with Gasteiger partial charge in [-0.15, -0.1) is 12.4 Å². The number of alkyl halides is 3. The number of benzene rings is 1. The monoisotopic (exact) mass is 389 g/mol. The summed E-state index contributed by atoms with van der Waals surface area (Å²) in [4.78, 5) is 0. The van der Waals surface area contributed by atoms with E-state index in [9.17, 15) is 18.3 Å². The van der Waals surface area contributed by atoms with Crippen molar-refractivity contribution in [2.45, 2.75) is 25.1 Å². The molecule has 1 aliphatic rings. The third-order valence-corrected chi connectivity index (χ3v) is 4.00. The van der Waals surface area contributed by atoms with E-state index in [4.69, 9.17) is 10.5 Å². The highest BCUT2D eigenvalue weighted by molar-refractivity contribution is 9.10. The van der Waals surface area contributed by atoms with Crippen molar-refractivity contribution < 1.29 is 23.0 Å². The smallest absolute Gasteiger partial charge is 0.420 e. The minimum atomic E-state index is -4.61. The van der Waals surface area contributed by atoms with Crippen LogP contribution in [-0.4, -0.2) is 18.3 Å². The number of phenols is 1. The van der Waals surface area contributed by atoms with Crippen LogP contribution in [0.1, 0.15) is 30.0 Å². The molecule has 1 saturated heterocycles. The van der Waals surface area contributed by atoms with E-state index in [0.29, 0.717) is 26.1 Å². The molecular weight excluding hydrogens is 374 g/mol. The highest BCUT2D eigenvalue weighted by atomic mass is 79.9. The SMILES string of the molecule is Cl.N[C@H](c1cc(Br)cc(C(F)(F)F)c1O)C1CCOCC1. The Morgan fingerprint density at radius 3 is 2.38 bits per heavy atom. The van der Waals surface area contributed by atoms with Gasteiger partial charge in [-0.25, -0.2) is 0 Å². The van der Waals surface area contributed by atoms with E-state index in [2.05, 4.69) is 15.9 Å². The van der Waals surface area contributed by atoms with Gasteiger partial charge in [0.2, 0.25) is 0 Å². The number of hydrogen-bond acceptors (Lipinski definition) is 3. The second-order valence-electron chi connectivity index (χ2n) is 4.86. The molecule has 1 aliphatic heterocycles. The molecule has 120 valence electrons. The molecule has 0 spiro atoms. The third-order valence-electron chi connectivity index (χ3n) is 3.54. The van der Waals surface area contributed by atoms with Crippen molar-refractivity contribution in [1.82, 2.24) is 0 Å². The molecule has 0 amide bonds. The van der Waals surface area contributed by atoms with Gasteiger partial charge < -0.3 is 15.6 Å². The molecule has 8 heteroatoms. The third kappa shape index (κ3) is 4.25. The van der Waals surface area contributed by atoms with Crippen molar-refractivity contribution in [3.8, 4) is 5.75 Å². The molecule has 0 saturated carbocycles. The average molecular weight is 391 g/mol. The Hall–Kier alpha value is -0.500. The number of hydrogen-bond donors (Lipinski definition) is 2. The minimum absolute atomic E-state index is 0. The Bertz CT molecular complexity index is 493. The van der Waals surface area contributed by atoms with Crippen molar-refractivity contribution >= 4 is 28.3 Å². The number of phenolic OH excluding ortho intramolecular Hbond substituents is 1. The van der Waals surface area contributed by atoms with Crippen LogP contribution >= 0.6 is 28.3 Å². The summed E-state index contributed by atoms with van der Waals surface area (Å²) in [5.41, 5.74) is 5.11. The van der Waals surface area contributed by atoms with Crippen LogP contribution in [0.5, 0.6) is 5.75 Å². The Morgan fingerprint density at radius 1 is 1.29 bits per heavy atom. The lowest BCUT2D eigenvalue weighted by Crippen LogP contribution is -2.27. The maximum Gasteiger partial charge on any atom is 0.420 e. The van der Waals surface area contributed by atoms with Gasteiger partial charge in [-0.3, -0.25) is 0 Å². The Balaban J connectivity index is 0.00000220. The van der Waals surface area contributed by atoms with Gasteiger partial charge in [0.15, 0.2) is 0 Å². The fourth-order valence-corrected chi connectivity index (χ4v) is 2.89. The molecule has 21 heavy (non-hydrogen) atoms. The van der Waals surface area contributed by atoms with Crippen molar-refractivity contribution in [3.63, 3.8) is 0 Å². The molecule has 0 aliphatic carbocycles. The molecular formula is C13H16BrClF3NO2. The highest BCUT2D eigenvalue weighted by Crippen LogP contribution is 2.43. The van der Waals surface area contributed by atoms with Crippen LogP contribution in [-0.2, 0) is 10.9 Å². The first-order valence-electron chi connectivity index (χ1n) is 6.23. The molecule has 1 heterocycles. The van der Waals surface area contributed by atoms with E-state index in [1.807, 2.05) is 0 Å².